The van der Waals surface area contributed by atoms with Crippen LogP contribution in [0.1, 0.15) is 28.8 Å². The second kappa shape index (κ2) is 7.81. The van der Waals surface area contributed by atoms with Gasteiger partial charge in [0.25, 0.3) is 5.91 Å². The van der Waals surface area contributed by atoms with Crippen LogP contribution in [-0.2, 0) is 14.3 Å². The second-order valence-electron chi connectivity index (χ2n) is 5.86. The molecule has 130 valence electrons. The van der Waals surface area contributed by atoms with E-state index < -0.39 is 11.9 Å². The van der Waals surface area contributed by atoms with E-state index in [4.69, 9.17) is 15.2 Å². The van der Waals surface area contributed by atoms with E-state index in [1.54, 1.807) is 12.1 Å². The molecule has 1 heterocycles. The number of benzene rings is 1. The summed E-state index contributed by atoms with van der Waals surface area (Å²) in [6, 6.07) is 5.14. The average Bonchev–Trinajstić information content (AvgIpc) is 2.59. The van der Waals surface area contributed by atoms with Crippen LogP contribution in [0.3, 0.4) is 0 Å². The topological polar surface area (TPSA) is 98.9 Å². The van der Waals surface area contributed by atoms with E-state index in [-0.39, 0.29) is 30.5 Å². The number of nitrogens with two attached hydrogens (primary N) is 1. The lowest BCUT2D eigenvalue weighted by Crippen LogP contribution is -2.45. The molecule has 0 bridgehead atoms. The first-order chi connectivity index (χ1) is 11.4. The fourth-order valence-electron chi connectivity index (χ4n) is 2.71. The van der Waals surface area contributed by atoms with E-state index in [1.165, 1.54) is 12.0 Å². The molecule has 1 saturated heterocycles. The van der Waals surface area contributed by atoms with Gasteiger partial charge in [-0.15, -0.1) is 0 Å². The number of ether oxygens (including phenoxy) is 2. The number of amides is 2. The molecule has 1 atom stereocenters. The molecule has 1 fully saturated rings. The molecule has 1 aliphatic heterocycles. The monoisotopic (exact) mass is 334 g/mol. The SMILES string of the molecule is COc1ccc(C)cc1C(=O)OCC(=O)N1CCC[C@H](C(N)=O)C1. The van der Waals surface area contributed by atoms with E-state index in [0.29, 0.717) is 25.1 Å². The molecule has 0 aromatic heterocycles. The third kappa shape index (κ3) is 4.24. The first-order valence-electron chi connectivity index (χ1n) is 7.81. The summed E-state index contributed by atoms with van der Waals surface area (Å²) < 4.78 is 10.2. The number of likely N-dealkylation sites (tertiary alicyclic amines) is 1. The zero-order chi connectivity index (χ0) is 17.7. The standard InChI is InChI=1S/C17H22N2O5/c1-11-5-6-14(23-2)13(8-11)17(22)24-10-15(20)19-7-3-4-12(9-19)16(18)21/h5-6,8,12H,3-4,7,9-10H2,1-2H3,(H2,18,21)/t12-/m0/s1. The maximum Gasteiger partial charge on any atom is 0.342 e. The van der Waals surface area contributed by atoms with Crippen LogP contribution in [0.5, 0.6) is 5.75 Å². The minimum absolute atomic E-state index is 0.277. The zero-order valence-electron chi connectivity index (χ0n) is 13.9. The highest BCUT2D eigenvalue weighted by Gasteiger charge is 2.27. The van der Waals surface area contributed by atoms with Crippen molar-refractivity contribution in [3.63, 3.8) is 0 Å². The lowest BCUT2D eigenvalue weighted by Gasteiger charge is -2.31. The molecule has 0 unspecified atom stereocenters. The Labute approximate surface area is 140 Å². The molecule has 0 aliphatic carbocycles. The molecule has 2 rings (SSSR count). The minimum Gasteiger partial charge on any atom is -0.496 e. The van der Waals surface area contributed by atoms with Crippen LogP contribution >= 0.6 is 0 Å². The fraction of sp³-hybridized carbons (Fsp3) is 0.471. The van der Waals surface area contributed by atoms with Crippen molar-refractivity contribution >= 4 is 17.8 Å². The number of rotatable bonds is 5. The number of piperidine rings is 1. The van der Waals surface area contributed by atoms with Crippen LogP contribution in [0, 0.1) is 12.8 Å². The van der Waals surface area contributed by atoms with Gasteiger partial charge in [-0.3, -0.25) is 9.59 Å². The molecule has 2 amide bonds. The first-order valence-corrected chi connectivity index (χ1v) is 7.81. The third-order valence-electron chi connectivity index (χ3n) is 4.08. The first kappa shape index (κ1) is 17.8. The molecule has 0 saturated carbocycles. The van der Waals surface area contributed by atoms with Gasteiger partial charge in [0.2, 0.25) is 5.91 Å². The Hall–Kier alpha value is -2.57. The number of esters is 1. The van der Waals surface area contributed by atoms with E-state index >= 15 is 0 Å². The summed E-state index contributed by atoms with van der Waals surface area (Å²) in [7, 11) is 1.46. The lowest BCUT2D eigenvalue weighted by molar-refractivity contribution is -0.137. The van der Waals surface area contributed by atoms with Crippen LogP contribution in [0.15, 0.2) is 18.2 Å². The summed E-state index contributed by atoms with van der Waals surface area (Å²) in [4.78, 5) is 37.2. The molecular formula is C17H22N2O5. The summed E-state index contributed by atoms with van der Waals surface area (Å²) in [5.74, 6) is -1.30. The van der Waals surface area contributed by atoms with Crippen molar-refractivity contribution in [2.24, 2.45) is 11.7 Å². The highest BCUT2D eigenvalue weighted by Crippen LogP contribution is 2.21. The molecule has 7 heteroatoms. The number of carbonyl (C=O) groups is 3. The van der Waals surface area contributed by atoms with E-state index in [2.05, 4.69) is 0 Å². The van der Waals surface area contributed by atoms with E-state index in [1.807, 2.05) is 13.0 Å². The smallest absolute Gasteiger partial charge is 0.342 e. The van der Waals surface area contributed by atoms with Gasteiger partial charge >= 0.3 is 5.97 Å². The number of primary amides is 1. The highest BCUT2D eigenvalue weighted by atomic mass is 16.5. The van der Waals surface area contributed by atoms with Crippen LogP contribution in [0.25, 0.3) is 0 Å². The summed E-state index contributed by atoms with van der Waals surface area (Å²) in [6.07, 6.45) is 1.39. The molecule has 1 aromatic rings. The Morgan fingerprint density at radius 2 is 2.08 bits per heavy atom. The van der Waals surface area contributed by atoms with Crippen LogP contribution in [0.2, 0.25) is 0 Å². The normalized spacial score (nSPS) is 17.2. The van der Waals surface area contributed by atoms with Crippen molar-refractivity contribution < 1.29 is 23.9 Å². The molecule has 1 aliphatic rings. The number of hydrogen-bond acceptors (Lipinski definition) is 5. The number of aryl methyl sites for hydroxylation is 1. The van der Waals surface area contributed by atoms with Crippen molar-refractivity contribution in [1.82, 2.24) is 4.90 Å². The predicted molar refractivity (Wildman–Crippen MR) is 86.5 cm³/mol. The van der Waals surface area contributed by atoms with Crippen molar-refractivity contribution in [2.75, 3.05) is 26.8 Å². The van der Waals surface area contributed by atoms with Gasteiger partial charge in [-0.2, -0.15) is 0 Å². The van der Waals surface area contributed by atoms with Gasteiger partial charge in [0.05, 0.1) is 13.0 Å². The van der Waals surface area contributed by atoms with Crippen molar-refractivity contribution in [3.05, 3.63) is 29.3 Å². The zero-order valence-corrected chi connectivity index (χ0v) is 13.9. The van der Waals surface area contributed by atoms with Gasteiger partial charge in [-0.05, 0) is 31.9 Å². The Morgan fingerprint density at radius 3 is 2.75 bits per heavy atom. The maximum absolute atomic E-state index is 12.2. The van der Waals surface area contributed by atoms with E-state index in [0.717, 1.165) is 5.56 Å². The molecule has 0 radical (unpaired) electrons. The molecule has 0 spiro atoms. The third-order valence-corrected chi connectivity index (χ3v) is 4.08. The molecular weight excluding hydrogens is 312 g/mol. The number of carbonyl (C=O) groups excluding carboxylic acids is 3. The number of nitrogens with zero attached hydrogens (tertiary/aromatic N) is 1. The quantitative estimate of drug-likeness (QED) is 0.806. The summed E-state index contributed by atoms with van der Waals surface area (Å²) in [6.45, 7) is 2.29. The maximum atomic E-state index is 12.2. The average molecular weight is 334 g/mol. The van der Waals surface area contributed by atoms with Crippen molar-refractivity contribution in [3.8, 4) is 5.75 Å². The highest BCUT2D eigenvalue weighted by molar-refractivity contribution is 5.94. The molecule has 7 nitrogen and oxygen atoms in total. The Balaban J connectivity index is 1.95. The van der Waals surface area contributed by atoms with Crippen molar-refractivity contribution in [1.29, 1.82) is 0 Å². The fourth-order valence-corrected chi connectivity index (χ4v) is 2.71. The van der Waals surface area contributed by atoms with Crippen LogP contribution < -0.4 is 10.5 Å². The van der Waals surface area contributed by atoms with Crippen LogP contribution in [-0.4, -0.2) is 49.5 Å². The summed E-state index contributed by atoms with van der Waals surface area (Å²) in [5, 5.41) is 0. The summed E-state index contributed by atoms with van der Waals surface area (Å²) in [5.41, 5.74) is 6.46. The van der Waals surface area contributed by atoms with Crippen molar-refractivity contribution in [2.45, 2.75) is 19.8 Å². The molecule has 1 aromatic carbocycles. The molecule has 24 heavy (non-hydrogen) atoms. The second-order valence-corrected chi connectivity index (χ2v) is 5.86. The largest absolute Gasteiger partial charge is 0.496 e. The van der Waals surface area contributed by atoms with Gasteiger partial charge in [-0.25, -0.2) is 4.79 Å². The Morgan fingerprint density at radius 1 is 1.33 bits per heavy atom. The number of hydrogen-bond donors (Lipinski definition) is 1. The Bertz CT molecular complexity index is 644. The summed E-state index contributed by atoms with van der Waals surface area (Å²) >= 11 is 0. The van der Waals surface area contributed by atoms with E-state index in [9.17, 15) is 14.4 Å². The van der Waals surface area contributed by atoms with Gasteiger partial charge in [0.15, 0.2) is 6.61 Å². The van der Waals surface area contributed by atoms with Gasteiger partial charge in [0, 0.05) is 13.1 Å². The minimum atomic E-state index is -0.618. The van der Waals surface area contributed by atoms with Gasteiger partial charge in [0.1, 0.15) is 11.3 Å². The van der Waals surface area contributed by atoms with Crippen LogP contribution in [0.4, 0.5) is 0 Å². The van der Waals surface area contributed by atoms with Gasteiger partial charge < -0.3 is 20.1 Å². The predicted octanol–water partition coefficient (Wildman–Crippen LogP) is 0.884. The molecule has 2 N–H and O–H groups in total. The lowest BCUT2D eigenvalue weighted by atomic mass is 9.97. The van der Waals surface area contributed by atoms with Gasteiger partial charge in [-0.1, -0.05) is 11.6 Å². The Kier molecular flexibility index (Phi) is 5.78. The number of methoxy groups -OCH3 is 1.